The molecule has 2 atom stereocenters. The minimum absolute atomic E-state index is 0.195. The van der Waals surface area contributed by atoms with E-state index in [1.807, 2.05) is 0 Å². The molecule has 2 aromatic rings. The number of β-amino-alcohol motifs (C(OH)–C–C–N with tert-alkyl or cyclic N) is 1. The van der Waals surface area contributed by atoms with Crippen molar-refractivity contribution < 1.29 is 9.50 Å². The second-order valence-corrected chi connectivity index (χ2v) is 8.96. The van der Waals surface area contributed by atoms with Crippen LogP contribution in [0.2, 0.25) is 0 Å². The molecule has 3 rings (SSSR count). The highest BCUT2D eigenvalue weighted by atomic mass is 79.9. The average molecular weight is 476 g/mol. The van der Waals surface area contributed by atoms with Gasteiger partial charge in [0.1, 0.15) is 12.1 Å². The van der Waals surface area contributed by atoms with Crippen LogP contribution in [0.1, 0.15) is 25.7 Å². The van der Waals surface area contributed by atoms with Crippen molar-refractivity contribution in [2.45, 2.75) is 36.7 Å². The topological polar surface area (TPSA) is 82.1 Å². The van der Waals surface area contributed by atoms with Gasteiger partial charge in [-0.2, -0.15) is 4.37 Å². The first-order valence-electron chi connectivity index (χ1n) is 8.94. The predicted octanol–water partition coefficient (Wildman–Crippen LogP) is 4.11. The number of hydrogen-bond donors (Lipinski definition) is 4. The Kier molecular flexibility index (Phi) is 8.13. The van der Waals surface area contributed by atoms with Crippen molar-refractivity contribution in [1.29, 1.82) is 0 Å². The lowest BCUT2D eigenvalue weighted by Gasteiger charge is -2.13. The summed E-state index contributed by atoms with van der Waals surface area (Å²) in [5, 5.41) is 16.9. The zero-order chi connectivity index (χ0) is 19.1. The molecule has 1 fully saturated rings. The maximum atomic E-state index is 14.3. The molecule has 27 heavy (non-hydrogen) atoms. The molecule has 1 aliphatic heterocycles. The molecular formula is C17H23BrFN5OS2. The van der Waals surface area contributed by atoms with Crippen LogP contribution in [0.25, 0.3) is 0 Å². The van der Waals surface area contributed by atoms with Gasteiger partial charge in [-0.25, -0.2) is 9.37 Å². The van der Waals surface area contributed by atoms with Crippen molar-refractivity contribution in [3.63, 3.8) is 0 Å². The van der Waals surface area contributed by atoms with Crippen LogP contribution < -0.4 is 15.4 Å². The van der Waals surface area contributed by atoms with E-state index in [0.717, 1.165) is 55.5 Å². The quantitative estimate of drug-likeness (QED) is 0.304. The molecule has 1 aromatic carbocycles. The van der Waals surface area contributed by atoms with E-state index >= 15 is 0 Å². The standard InChI is InChI=1S/C17H23BrFN5OS2/c18-12-6-16(26-24-17-22-10-23-27-17)13(19)7-14(12)21-5-3-1-2-4-11-8-20-9-15(11)25/h6-7,10-11,15,20-21,25H,1-5,8-9H2,(H,22,23,24)/t11-,15-/m1/s1. The predicted molar refractivity (Wildman–Crippen MR) is 113 cm³/mol. The molecule has 10 heteroatoms. The molecule has 0 aliphatic carbocycles. The van der Waals surface area contributed by atoms with Crippen molar-refractivity contribution >= 4 is 50.2 Å². The Bertz CT molecular complexity index is 722. The van der Waals surface area contributed by atoms with Gasteiger partial charge in [-0.3, -0.25) is 0 Å². The van der Waals surface area contributed by atoms with E-state index in [1.165, 1.54) is 35.9 Å². The fourth-order valence-electron chi connectivity index (χ4n) is 3.00. The van der Waals surface area contributed by atoms with E-state index in [2.05, 4.69) is 40.6 Å². The highest BCUT2D eigenvalue weighted by Gasteiger charge is 2.23. The van der Waals surface area contributed by atoms with Gasteiger partial charge in [0.15, 0.2) is 0 Å². The molecule has 1 aromatic heterocycles. The minimum atomic E-state index is -0.287. The molecule has 0 radical (unpaired) electrons. The van der Waals surface area contributed by atoms with Crippen molar-refractivity contribution in [2.75, 3.05) is 29.7 Å². The molecule has 2 heterocycles. The van der Waals surface area contributed by atoms with Gasteiger partial charge in [0.25, 0.3) is 0 Å². The van der Waals surface area contributed by atoms with Crippen LogP contribution >= 0.6 is 39.4 Å². The lowest BCUT2D eigenvalue weighted by molar-refractivity contribution is 0.141. The minimum Gasteiger partial charge on any atom is -0.391 e. The number of rotatable bonds is 10. The number of aromatic nitrogens is 2. The fourth-order valence-corrected chi connectivity index (χ4v) is 4.78. The lowest BCUT2D eigenvalue weighted by Crippen LogP contribution is -2.17. The summed E-state index contributed by atoms with van der Waals surface area (Å²) in [5.74, 6) is 0.102. The Balaban J connectivity index is 1.38. The van der Waals surface area contributed by atoms with Crippen LogP contribution in [0, 0.1) is 11.7 Å². The largest absolute Gasteiger partial charge is 0.391 e. The van der Waals surface area contributed by atoms with E-state index in [4.69, 9.17) is 0 Å². The number of hydrogen-bond acceptors (Lipinski definition) is 8. The van der Waals surface area contributed by atoms with Crippen molar-refractivity contribution in [3.8, 4) is 0 Å². The van der Waals surface area contributed by atoms with Gasteiger partial charge >= 0.3 is 0 Å². The molecule has 4 N–H and O–H groups in total. The first-order chi connectivity index (χ1) is 13.1. The first-order valence-corrected chi connectivity index (χ1v) is 11.3. The molecule has 0 spiro atoms. The third kappa shape index (κ3) is 6.28. The molecular weight excluding hydrogens is 453 g/mol. The number of benzene rings is 1. The number of aliphatic hydroxyl groups excluding tert-OH is 1. The fraction of sp³-hybridized carbons (Fsp3) is 0.529. The number of aliphatic hydroxyl groups is 1. The third-order valence-corrected chi connectivity index (χ3v) is 6.70. The monoisotopic (exact) mass is 475 g/mol. The lowest BCUT2D eigenvalue weighted by atomic mass is 9.98. The Hall–Kier alpha value is -0.940. The highest BCUT2D eigenvalue weighted by molar-refractivity contribution is 9.10. The van der Waals surface area contributed by atoms with Crippen LogP contribution in [0.4, 0.5) is 15.2 Å². The second kappa shape index (κ2) is 10.6. The van der Waals surface area contributed by atoms with Gasteiger partial charge in [0.05, 0.1) is 16.7 Å². The van der Waals surface area contributed by atoms with Gasteiger partial charge < -0.3 is 20.5 Å². The smallest absolute Gasteiger partial charge is 0.212 e. The Morgan fingerprint density at radius 1 is 1.33 bits per heavy atom. The van der Waals surface area contributed by atoms with Gasteiger partial charge in [-0.15, -0.1) is 0 Å². The zero-order valence-electron chi connectivity index (χ0n) is 14.8. The van der Waals surface area contributed by atoms with Crippen LogP contribution in [0.15, 0.2) is 27.8 Å². The summed E-state index contributed by atoms with van der Waals surface area (Å²) in [6.45, 7) is 2.43. The maximum absolute atomic E-state index is 14.3. The van der Waals surface area contributed by atoms with Crippen LogP contribution in [-0.2, 0) is 0 Å². The molecule has 0 saturated carbocycles. The third-order valence-electron chi connectivity index (χ3n) is 4.50. The average Bonchev–Trinajstić information content (AvgIpc) is 3.31. The van der Waals surface area contributed by atoms with Crippen molar-refractivity contribution in [2.24, 2.45) is 5.92 Å². The Labute approximate surface area is 175 Å². The molecule has 1 aliphatic rings. The van der Waals surface area contributed by atoms with E-state index in [-0.39, 0.29) is 11.9 Å². The van der Waals surface area contributed by atoms with E-state index in [1.54, 1.807) is 6.07 Å². The molecule has 1 saturated heterocycles. The number of anilines is 2. The molecule has 0 bridgehead atoms. The van der Waals surface area contributed by atoms with Crippen molar-refractivity contribution in [3.05, 3.63) is 28.7 Å². The van der Waals surface area contributed by atoms with Gasteiger partial charge in [-0.1, -0.05) is 12.8 Å². The highest BCUT2D eigenvalue weighted by Crippen LogP contribution is 2.32. The zero-order valence-corrected chi connectivity index (χ0v) is 18.0. The van der Waals surface area contributed by atoms with Gasteiger partial charge in [0, 0.05) is 35.6 Å². The molecule has 0 amide bonds. The Morgan fingerprint density at radius 3 is 2.96 bits per heavy atom. The summed E-state index contributed by atoms with van der Waals surface area (Å²) in [6, 6.07) is 3.26. The van der Waals surface area contributed by atoms with Crippen LogP contribution in [0.5, 0.6) is 0 Å². The normalized spacial score (nSPS) is 19.4. The maximum Gasteiger partial charge on any atom is 0.212 e. The van der Waals surface area contributed by atoms with E-state index < -0.39 is 0 Å². The molecule has 6 nitrogen and oxygen atoms in total. The summed E-state index contributed by atoms with van der Waals surface area (Å²) in [7, 11) is 0. The second-order valence-electron chi connectivity index (χ2n) is 6.47. The summed E-state index contributed by atoms with van der Waals surface area (Å²) < 4.78 is 22.0. The molecule has 148 valence electrons. The Morgan fingerprint density at radius 2 is 2.22 bits per heavy atom. The van der Waals surface area contributed by atoms with Gasteiger partial charge in [-0.05, 0) is 58.8 Å². The summed E-state index contributed by atoms with van der Waals surface area (Å²) in [5.41, 5.74) is 0.753. The van der Waals surface area contributed by atoms with Crippen molar-refractivity contribution in [1.82, 2.24) is 14.7 Å². The van der Waals surface area contributed by atoms with Gasteiger partial charge in [0.2, 0.25) is 5.13 Å². The van der Waals surface area contributed by atoms with Crippen LogP contribution in [-0.4, -0.2) is 40.2 Å². The molecule has 0 unspecified atom stereocenters. The van der Waals surface area contributed by atoms with E-state index in [0.29, 0.717) is 15.9 Å². The van der Waals surface area contributed by atoms with Crippen LogP contribution in [0.3, 0.4) is 0 Å². The number of halogens is 2. The summed E-state index contributed by atoms with van der Waals surface area (Å²) >= 11 is 5.90. The van der Waals surface area contributed by atoms with E-state index in [9.17, 15) is 9.50 Å². The first kappa shape index (κ1) is 20.8. The number of unbranched alkanes of at least 4 members (excludes halogenated alkanes) is 2. The number of nitrogens with zero attached hydrogens (tertiary/aromatic N) is 2. The number of nitrogens with one attached hydrogen (secondary N) is 3. The SMILES string of the molecule is O[C@@H]1CNC[C@H]1CCCCCNc1cc(F)c(SNc2ncns2)cc1Br. The summed E-state index contributed by atoms with van der Waals surface area (Å²) in [4.78, 5) is 4.50. The summed E-state index contributed by atoms with van der Waals surface area (Å²) in [6.07, 6.45) is 5.53.